The van der Waals surface area contributed by atoms with Crippen LogP contribution in [-0.4, -0.2) is 59.8 Å². The van der Waals surface area contributed by atoms with Gasteiger partial charge in [-0.3, -0.25) is 10.1 Å². The van der Waals surface area contributed by atoms with E-state index >= 15 is 0 Å². The number of nitrogens with zero attached hydrogens (tertiary/aromatic N) is 1. The SMILES string of the molecule is O=C(O[C@@H]1[C@H]([C@@H]2COC3(CCCCC3)O2)O[C@H]2OC3(CCCCC3)O[C@@H]21)c1ccc([N+](=O)[O-])cc1. The molecule has 5 fully saturated rings. The minimum atomic E-state index is -0.753. The molecule has 2 spiro atoms. The van der Waals surface area contributed by atoms with Crippen LogP contribution in [0, 0.1) is 10.1 Å². The Hall–Kier alpha value is -2.11. The molecule has 3 aliphatic heterocycles. The van der Waals surface area contributed by atoms with Gasteiger partial charge in [-0.1, -0.05) is 12.8 Å². The maximum Gasteiger partial charge on any atom is 0.338 e. The number of ether oxygens (including phenoxy) is 6. The van der Waals surface area contributed by atoms with Crippen molar-refractivity contribution in [2.75, 3.05) is 6.61 Å². The van der Waals surface area contributed by atoms with Crippen molar-refractivity contribution in [1.82, 2.24) is 0 Å². The molecular weight excluding hydrogens is 458 g/mol. The van der Waals surface area contributed by atoms with Gasteiger partial charge in [0.25, 0.3) is 5.69 Å². The zero-order valence-electron chi connectivity index (χ0n) is 19.6. The highest BCUT2D eigenvalue weighted by molar-refractivity contribution is 5.89. The summed E-state index contributed by atoms with van der Waals surface area (Å²) in [6, 6.07) is 5.36. The molecule has 0 aromatic heterocycles. The largest absolute Gasteiger partial charge is 0.453 e. The number of rotatable bonds is 4. The van der Waals surface area contributed by atoms with Crippen LogP contribution in [0.25, 0.3) is 0 Å². The van der Waals surface area contributed by atoms with Gasteiger partial charge in [0.05, 0.1) is 17.1 Å². The number of hydrogen-bond donors (Lipinski definition) is 0. The summed E-state index contributed by atoms with van der Waals surface area (Å²) in [5.41, 5.74) is 0.126. The number of benzene rings is 1. The summed E-state index contributed by atoms with van der Waals surface area (Å²) in [5.74, 6) is -1.89. The second-order valence-electron chi connectivity index (χ2n) is 10.3. The predicted molar refractivity (Wildman–Crippen MR) is 119 cm³/mol. The van der Waals surface area contributed by atoms with Crippen LogP contribution in [0.5, 0.6) is 0 Å². The maximum atomic E-state index is 13.1. The van der Waals surface area contributed by atoms with E-state index in [1.165, 1.54) is 30.7 Å². The normalized spacial score (nSPS) is 35.3. The molecule has 0 unspecified atom stereocenters. The first kappa shape index (κ1) is 23.3. The fourth-order valence-corrected chi connectivity index (χ4v) is 6.12. The lowest BCUT2D eigenvalue weighted by molar-refractivity contribution is -0.384. The van der Waals surface area contributed by atoms with E-state index in [0.29, 0.717) is 6.61 Å². The Bertz CT molecular complexity index is 954. The molecule has 1 aromatic rings. The van der Waals surface area contributed by atoms with E-state index in [0.717, 1.165) is 57.8 Å². The number of fused-ring (bicyclic) bond motifs is 1. The van der Waals surface area contributed by atoms with Gasteiger partial charge in [0.15, 0.2) is 30.1 Å². The lowest BCUT2D eigenvalue weighted by atomic mass is 9.94. The van der Waals surface area contributed by atoms with Crippen LogP contribution in [0.15, 0.2) is 24.3 Å². The van der Waals surface area contributed by atoms with Crippen molar-refractivity contribution < 1.29 is 38.1 Å². The summed E-state index contributed by atoms with van der Waals surface area (Å²) in [6.45, 7) is 0.348. The first-order chi connectivity index (χ1) is 17.0. The number of esters is 1. The van der Waals surface area contributed by atoms with Crippen molar-refractivity contribution in [2.45, 2.75) is 106 Å². The third-order valence-corrected chi connectivity index (χ3v) is 7.92. The van der Waals surface area contributed by atoms with Crippen LogP contribution in [0.2, 0.25) is 0 Å². The lowest BCUT2D eigenvalue weighted by Gasteiger charge is -2.35. The van der Waals surface area contributed by atoms with Crippen LogP contribution in [-0.2, 0) is 28.4 Å². The zero-order valence-corrected chi connectivity index (χ0v) is 19.6. The molecule has 35 heavy (non-hydrogen) atoms. The second-order valence-corrected chi connectivity index (χ2v) is 10.3. The number of non-ortho nitro benzene ring substituents is 1. The van der Waals surface area contributed by atoms with Crippen LogP contribution < -0.4 is 0 Å². The molecule has 10 heteroatoms. The fourth-order valence-electron chi connectivity index (χ4n) is 6.12. The van der Waals surface area contributed by atoms with E-state index in [9.17, 15) is 14.9 Å². The fraction of sp³-hybridized carbons (Fsp3) is 0.720. The van der Waals surface area contributed by atoms with Gasteiger partial charge >= 0.3 is 5.97 Å². The predicted octanol–water partition coefficient (Wildman–Crippen LogP) is 4.00. The standard InChI is InChI=1S/C25H31NO9/c27-22(16-7-9-17(10-8-16)26(28)29)31-20-19(18-15-30-24(33-18)11-3-1-4-12-24)32-23-21(20)34-25(35-23)13-5-2-6-14-25/h7-10,18-21,23H,1-6,11-15H2/t18-,19-,20+,21+,23-/m0/s1. The Morgan fingerprint density at radius 3 is 2.20 bits per heavy atom. The molecule has 1 aromatic carbocycles. The van der Waals surface area contributed by atoms with E-state index in [1.807, 2.05) is 0 Å². The van der Waals surface area contributed by atoms with E-state index in [-0.39, 0.29) is 11.3 Å². The minimum Gasteiger partial charge on any atom is -0.453 e. The van der Waals surface area contributed by atoms with Crippen LogP contribution in [0.3, 0.4) is 0 Å². The summed E-state index contributed by atoms with van der Waals surface area (Å²) < 4.78 is 37.5. The first-order valence-corrected chi connectivity index (χ1v) is 12.7. The third-order valence-electron chi connectivity index (χ3n) is 7.92. The Balaban J connectivity index is 1.22. The van der Waals surface area contributed by atoms with Crippen molar-refractivity contribution in [3.05, 3.63) is 39.9 Å². The molecule has 5 atom stereocenters. The number of nitro benzene ring substituents is 1. The Morgan fingerprint density at radius 2 is 1.54 bits per heavy atom. The van der Waals surface area contributed by atoms with Gasteiger partial charge < -0.3 is 28.4 Å². The summed E-state index contributed by atoms with van der Waals surface area (Å²) in [6.07, 6.45) is 6.68. The van der Waals surface area contributed by atoms with E-state index < -0.39 is 53.2 Å². The summed E-state index contributed by atoms with van der Waals surface area (Å²) in [4.78, 5) is 23.5. The molecule has 0 radical (unpaired) electrons. The number of carbonyl (C=O) groups excluding carboxylic acids is 1. The Labute approximate surface area is 203 Å². The first-order valence-electron chi connectivity index (χ1n) is 12.7. The molecule has 3 heterocycles. The second kappa shape index (κ2) is 9.08. The van der Waals surface area contributed by atoms with Crippen LogP contribution >= 0.6 is 0 Å². The molecule has 0 amide bonds. The van der Waals surface area contributed by atoms with Gasteiger partial charge in [-0.25, -0.2) is 4.79 Å². The van der Waals surface area contributed by atoms with E-state index in [2.05, 4.69) is 0 Å². The number of hydrogen-bond acceptors (Lipinski definition) is 9. The van der Waals surface area contributed by atoms with E-state index in [4.69, 9.17) is 28.4 Å². The van der Waals surface area contributed by atoms with Gasteiger partial charge in [0.1, 0.15) is 12.2 Å². The van der Waals surface area contributed by atoms with Crippen molar-refractivity contribution >= 4 is 11.7 Å². The smallest absolute Gasteiger partial charge is 0.338 e. The molecule has 2 saturated carbocycles. The van der Waals surface area contributed by atoms with Crippen molar-refractivity contribution in [3.8, 4) is 0 Å². The summed E-state index contributed by atoms with van der Waals surface area (Å²) in [5, 5.41) is 11.0. The van der Waals surface area contributed by atoms with Crippen molar-refractivity contribution in [1.29, 1.82) is 0 Å². The minimum absolute atomic E-state index is 0.0928. The quantitative estimate of drug-likeness (QED) is 0.351. The van der Waals surface area contributed by atoms with E-state index in [1.54, 1.807) is 0 Å². The lowest BCUT2D eigenvalue weighted by Crippen LogP contribution is -2.46. The highest BCUT2D eigenvalue weighted by Crippen LogP contribution is 2.48. The van der Waals surface area contributed by atoms with Gasteiger partial charge in [-0.15, -0.1) is 0 Å². The van der Waals surface area contributed by atoms with Gasteiger partial charge in [-0.2, -0.15) is 0 Å². The summed E-state index contributed by atoms with van der Waals surface area (Å²) in [7, 11) is 0. The zero-order chi connectivity index (χ0) is 24.0. The Kier molecular flexibility index (Phi) is 6.04. The number of nitro groups is 1. The summed E-state index contributed by atoms with van der Waals surface area (Å²) >= 11 is 0. The molecule has 6 rings (SSSR count). The van der Waals surface area contributed by atoms with Crippen LogP contribution in [0.1, 0.15) is 74.6 Å². The maximum absolute atomic E-state index is 13.1. The highest BCUT2D eigenvalue weighted by Gasteiger charge is 2.62. The average Bonchev–Trinajstić information content (AvgIpc) is 3.52. The molecule has 2 aliphatic carbocycles. The van der Waals surface area contributed by atoms with Crippen molar-refractivity contribution in [3.63, 3.8) is 0 Å². The van der Waals surface area contributed by atoms with Gasteiger partial charge in [-0.05, 0) is 37.8 Å². The third kappa shape index (κ3) is 4.35. The number of carbonyl (C=O) groups is 1. The monoisotopic (exact) mass is 489 g/mol. The highest BCUT2D eigenvalue weighted by atomic mass is 16.9. The molecule has 0 bridgehead atoms. The average molecular weight is 490 g/mol. The van der Waals surface area contributed by atoms with Gasteiger partial charge in [0.2, 0.25) is 0 Å². The molecule has 10 nitrogen and oxygen atoms in total. The van der Waals surface area contributed by atoms with Crippen molar-refractivity contribution in [2.24, 2.45) is 0 Å². The Morgan fingerprint density at radius 1 is 0.886 bits per heavy atom. The van der Waals surface area contributed by atoms with Crippen LogP contribution in [0.4, 0.5) is 5.69 Å². The topological polar surface area (TPSA) is 116 Å². The molecule has 5 aliphatic rings. The van der Waals surface area contributed by atoms with Gasteiger partial charge in [0, 0.05) is 37.8 Å². The molecular formula is C25H31NO9. The molecule has 190 valence electrons. The molecule has 0 N–H and O–H groups in total. The molecule has 3 saturated heterocycles.